The fourth-order valence-electron chi connectivity index (χ4n) is 0.444. The summed E-state index contributed by atoms with van der Waals surface area (Å²) in [5, 5.41) is 2.98. The summed E-state index contributed by atoms with van der Waals surface area (Å²) in [6, 6.07) is 0. The van der Waals surface area contributed by atoms with Crippen molar-refractivity contribution in [1.29, 1.82) is 0 Å². The fourth-order valence-corrected chi connectivity index (χ4v) is 0.444. The van der Waals surface area contributed by atoms with Crippen molar-refractivity contribution < 1.29 is 4.79 Å². The van der Waals surface area contributed by atoms with E-state index in [0.717, 1.165) is 6.54 Å². The molecule has 0 unspecified atom stereocenters. The van der Waals surface area contributed by atoms with Crippen molar-refractivity contribution in [2.45, 2.75) is 0 Å². The minimum atomic E-state index is -0.416. The van der Waals surface area contributed by atoms with Crippen molar-refractivity contribution >= 4 is 5.91 Å². The van der Waals surface area contributed by atoms with Gasteiger partial charge < -0.3 is 11.1 Å². The number of hydrogen-bond donors (Lipinski definition) is 2. The van der Waals surface area contributed by atoms with Crippen LogP contribution in [0.15, 0.2) is 24.8 Å². The molecular weight excluding hydrogens is 128 g/mol. The molecular formula is C7H12N2O. The average Bonchev–Trinajstić information content (AvgIpc) is 1.87. The van der Waals surface area contributed by atoms with Crippen LogP contribution in [0.25, 0.3) is 0 Å². The van der Waals surface area contributed by atoms with Gasteiger partial charge in [-0.05, 0) is 6.08 Å². The van der Waals surface area contributed by atoms with Crippen LogP contribution in [0, 0.1) is 0 Å². The molecule has 0 aliphatic heterocycles. The lowest BCUT2D eigenvalue weighted by Crippen LogP contribution is -2.14. The summed E-state index contributed by atoms with van der Waals surface area (Å²) in [6.45, 7) is 4.90. The Bertz CT molecular complexity index is 141. The second-order valence-corrected chi connectivity index (χ2v) is 1.75. The Morgan fingerprint density at radius 1 is 1.60 bits per heavy atom. The molecule has 0 bridgehead atoms. The molecule has 0 aromatic rings. The van der Waals surface area contributed by atoms with Crippen LogP contribution >= 0.6 is 0 Å². The summed E-state index contributed by atoms with van der Waals surface area (Å²) in [6.07, 6.45) is 4.75. The van der Waals surface area contributed by atoms with Crippen LogP contribution in [0.5, 0.6) is 0 Å². The van der Waals surface area contributed by atoms with Crippen LogP contribution in [-0.4, -0.2) is 19.0 Å². The molecule has 0 aromatic heterocycles. The maximum Gasteiger partial charge on any atom is 0.241 e. The number of carbonyl (C=O) groups excluding carboxylic acids is 1. The minimum absolute atomic E-state index is 0.416. The lowest BCUT2D eigenvalue weighted by molar-refractivity contribution is -0.113. The fraction of sp³-hybridized carbons (Fsp3) is 0.286. The van der Waals surface area contributed by atoms with Gasteiger partial charge in [-0.3, -0.25) is 4.79 Å². The van der Waals surface area contributed by atoms with E-state index in [9.17, 15) is 4.79 Å². The largest absolute Gasteiger partial charge is 0.366 e. The number of amides is 1. The van der Waals surface area contributed by atoms with E-state index in [2.05, 4.69) is 11.9 Å². The van der Waals surface area contributed by atoms with Gasteiger partial charge in [-0.25, -0.2) is 0 Å². The van der Waals surface area contributed by atoms with Crippen LogP contribution in [0.3, 0.4) is 0 Å². The SMILES string of the molecule is C=CCNCC=CC(N)=O. The highest BCUT2D eigenvalue weighted by Gasteiger charge is 1.80. The Hall–Kier alpha value is -1.09. The van der Waals surface area contributed by atoms with Gasteiger partial charge in [0, 0.05) is 13.1 Å². The van der Waals surface area contributed by atoms with E-state index >= 15 is 0 Å². The van der Waals surface area contributed by atoms with Gasteiger partial charge in [0.1, 0.15) is 0 Å². The molecule has 0 radical (unpaired) electrons. The van der Waals surface area contributed by atoms with Gasteiger partial charge in [-0.15, -0.1) is 6.58 Å². The standard InChI is InChI=1S/C7H12N2O/c1-2-5-9-6-3-4-7(8)10/h2-4,9H,1,5-6H2,(H2,8,10). The number of primary amides is 1. The summed E-state index contributed by atoms with van der Waals surface area (Å²) in [5.41, 5.74) is 4.83. The van der Waals surface area contributed by atoms with E-state index in [1.807, 2.05) is 0 Å². The molecule has 0 fully saturated rings. The minimum Gasteiger partial charge on any atom is -0.366 e. The van der Waals surface area contributed by atoms with Gasteiger partial charge in [-0.1, -0.05) is 12.2 Å². The molecule has 0 saturated carbocycles. The molecule has 0 atom stereocenters. The predicted molar refractivity (Wildman–Crippen MR) is 41.4 cm³/mol. The van der Waals surface area contributed by atoms with E-state index in [4.69, 9.17) is 5.73 Å². The monoisotopic (exact) mass is 140 g/mol. The maximum atomic E-state index is 10.1. The van der Waals surface area contributed by atoms with Gasteiger partial charge in [0.25, 0.3) is 0 Å². The van der Waals surface area contributed by atoms with Crippen LogP contribution in [0.4, 0.5) is 0 Å². The molecule has 1 amide bonds. The predicted octanol–water partition coefficient (Wildman–Crippen LogP) is -0.197. The maximum absolute atomic E-state index is 10.1. The Kier molecular flexibility index (Phi) is 5.38. The van der Waals surface area contributed by atoms with Crippen molar-refractivity contribution in [1.82, 2.24) is 5.32 Å². The van der Waals surface area contributed by atoms with Crippen LogP contribution in [-0.2, 0) is 4.79 Å². The van der Waals surface area contributed by atoms with Crippen LogP contribution in [0.2, 0.25) is 0 Å². The van der Waals surface area contributed by atoms with E-state index < -0.39 is 5.91 Å². The third-order valence-corrected chi connectivity index (χ3v) is 0.833. The van der Waals surface area contributed by atoms with Crippen LogP contribution in [0.1, 0.15) is 0 Å². The molecule has 0 rings (SSSR count). The first-order chi connectivity index (χ1) is 4.77. The molecule has 0 heterocycles. The quantitative estimate of drug-likeness (QED) is 0.316. The zero-order valence-corrected chi connectivity index (χ0v) is 5.84. The molecule has 0 saturated heterocycles. The third-order valence-electron chi connectivity index (χ3n) is 0.833. The molecule has 0 aromatic carbocycles. The van der Waals surface area contributed by atoms with E-state index in [0.29, 0.717) is 6.54 Å². The molecule has 10 heavy (non-hydrogen) atoms. The molecule has 3 heteroatoms. The number of nitrogens with two attached hydrogens (primary N) is 1. The number of carbonyl (C=O) groups is 1. The zero-order valence-electron chi connectivity index (χ0n) is 5.84. The number of nitrogens with one attached hydrogen (secondary N) is 1. The van der Waals surface area contributed by atoms with E-state index in [-0.39, 0.29) is 0 Å². The lowest BCUT2D eigenvalue weighted by Gasteiger charge is -1.91. The Morgan fingerprint density at radius 2 is 2.30 bits per heavy atom. The topological polar surface area (TPSA) is 55.1 Å². The first kappa shape index (κ1) is 8.91. The molecule has 0 aliphatic carbocycles. The highest BCUT2D eigenvalue weighted by atomic mass is 16.1. The molecule has 3 N–H and O–H groups in total. The smallest absolute Gasteiger partial charge is 0.241 e. The second-order valence-electron chi connectivity index (χ2n) is 1.75. The average molecular weight is 140 g/mol. The second kappa shape index (κ2) is 6.04. The normalized spacial score (nSPS) is 10.0. The Morgan fingerprint density at radius 3 is 2.80 bits per heavy atom. The summed E-state index contributed by atoms with van der Waals surface area (Å²) in [5.74, 6) is -0.416. The molecule has 56 valence electrons. The van der Waals surface area contributed by atoms with Gasteiger partial charge >= 0.3 is 0 Å². The number of rotatable bonds is 5. The van der Waals surface area contributed by atoms with Crippen molar-refractivity contribution in [3.63, 3.8) is 0 Å². The van der Waals surface area contributed by atoms with Crippen molar-refractivity contribution in [2.24, 2.45) is 5.73 Å². The van der Waals surface area contributed by atoms with Gasteiger partial charge in [0.2, 0.25) is 5.91 Å². The highest BCUT2D eigenvalue weighted by molar-refractivity contribution is 5.85. The summed E-state index contributed by atoms with van der Waals surface area (Å²) in [4.78, 5) is 10.1. The summed E-state index contributed by atoms with van der Waals surface area (Å²) >= 11 is 0. The zero-order chi connectivity index (χ0) is 7.82. The van der Waals surface area contributed by atoms with Gasteiger partial charge in [0.15, 0.2) is 0 Å². The van der Waals surface area contributed by atoms with Crippen LogP contribution < -0.4 is 11.1 Å². The summed E-state index contributed by atoms with van der Waals surface area (Å²) in [7, 11) is 0. The first-order valence-corrected chi connectivity index (χ1v) is 3.05. The first-order valence-electron chi connectivity index (χ1n) is 3.05. The van der Waals surface area contributed by atoms with E-state index in [1.54, 1.807) is 12.2 Å². The van der Waals surface area contributed by atoms with Gasteiger partial charge in [-0.2, -0.15) is 0 Å². The van der Waals surface area contributed by atoms with E-state index in [1.165, 1.54) is 6.08 Å². The van der Waals surface area contributed by atoms with Crippen molar-refractivity contribution in [3.8, 4) is 0 Å². The molecule has 0 spiro atoms. The number of hydrogen-bond acceptors (Lipinski definition) is 2. The van der Waals surface area contributed by atoms with Crippen molar-refractivity contribution in [3.05, 3.63) is 24.8 Å². The highest BCUT2D eigenvalue weighted by Crippen LogP contribution is 1.68. The van der Waals surface area contributed by atoms with Crippen molar-refractivity contribution in [2.75, 3.05) is 13.1 Å². The third kappa shape index (κ3) is 6.91. The Balaban J connectivity index is 3.18. The Labute approximate surface area is 60.6 Å². The lowest BCUT2D eigenvalue weighted by atomic mass is 10.4. The molecule has 0 aliphatic rings. The summed E-state index contributed by atoms with van der Waals surface area (Å²) < 4.78 is 0. The van der Waals surface area contributed by atoms with Gasteiger partial charge in [0.05, 0.1) is 0 Å². The molecule has 3 nitrogen and oxygen atoms in total.